The molecule has 0 radical (unpaired) electrons. The fraction of sp³-hybridized carbons (Fsp3) is 0.414. The smallest absolute Gasteiger partial charge is 0.410 e. The first-order valence-corrected chi connectivity index (χ1v) is 13.2. The van der Waals surface area contributed by atoms with Crippen molar-refractivity contribution in [3.05, 3.63) is 69.8 Å². The van der Waals surface area contributed by atoms with Crippen molar-refractivity contribution in [1.29, 1.82) is 0 Å². The zero-order valence-corrected chi connectivity index (χ0v) is 23.6. The number of amides is 1. The number of anilines is 2. The summed E-state index contributed by atoms with van der Waals surface area (Å²) >= 11 is 0. The summed E-state index contributed by atoms with van der Waals surface area (Å²) in [4.78, 5) is 41.4. The van der Waals surface area contributed by atoms with E-state index < -0.39 is 5.60 Å². The Hall–Kier alpha value is -4.21. The number of hydrogen-bond donors (Lipinski definition) is 1. The first-order valence-electron chi connectivity index (χ1n) is 13.2. The van der Waals surface area contributed by atoms with Crippen LogP contribution in [0.3, 0.4) is 0 Å². The van der Waals surface area contributed by atoms with Crippen LogP contribution in [-0.4, -0.2) is 40.9 Å². The monoisotopic (exact) mass is 529 g/mol. The molecule has 1 amide bonds. The Morgan fingerprint density at radius 1 is 1.03 bits per heavy atom. The fourth-order valence-electron chi connectivity index (χ4n) is 4.62. The number of carbonyl (C=O) groups is 1. The minimum atomic E-state index is -0.546. The molecule has 0 atom stereocenters. The molecule has 0 saturated heterocycles. The number of nitrogens with one attached hydrogen (secondary N) is 1. The van der Waals surface area contributed by atoms with Gasteiger partial charge in [0.25, 0.3) is 5.56 Å². The molecule has 4 heterocycles. The summed E-state index contributed by atoms with van der Waals surface area (Å²) in [5.74, 6) is 0.985. The van der Waals surface area contributed by atoms with Crippen molar-refractivity contribution in [1.82, 2.24) is 29.2 Å². The second-order valence-corrected chi connectivity index (χ2v) is 11.8. The molecule has 10 nitrogen and oxygen atoms in total. The topological polar surface area (TPSA) is 107 Å². The van der Waals surface area contributed by atoms with Crippen LogP contribution < -0.4 is 10.9 Å². The molecule has 0 unspecified atom stereocenters. The lowest BCUT2D eigenvalue weighted by molar-refractivity contribution is 0.0242. The van der Waals surface area contributed by atoms with Crippen LogP contribution in [0.2, 0.25) is 0 Å². The molecule has 0 aliphatic carbocycles. The van der Waals surface area contributed by atoms with Gasteiger partial charge in [0.2, 0.25) is 5.95 Å². The Balaban J connectivity index is 1.47. The zero-order chi connectivity index (χ0) is 28.1. The van der Waals surface area contributed by atoms with Crippen molar-refractivity contribution in [3.63, 3.8) is 0 Å². The first-order chi connectivity index (χ1) is 18.3. The molecular formula is C29H35N7O3. The van der Waals surface area contributed by atoms with Gasteiger partial charge in [-0.25, -0.2) is 24.1 Å². The lowest BCUT2D eigenvalue weighted by Crippen LogP contribution is -2.33. The molecule has 4 aromatic rings. The predicted octanol–water partition coefficient (Wildman–Crippen LogP) is 5.29. The summed E-state index contributed by atoms with van der Waals surface area (Å²) in [6, 6.07) is 11.7. The third-order valence-corrected chi connectivity index (χ3v) is 6.53. The van der Waals surface area contributed by atoms with E-state index in [4.69, 9.17) is 14.7 Å². The maximum Gasteiger partial charge on any atom is 0.410 e. The average molecular weight is 530 g/mol. The molecule has 0 saturated carbocycles. The zero-order valence-electron chi connectivity index (χ0n) is 23.6. The summed E-state index contributed by atoms with van der Waals surface area (Å²) in [5.41, 5.74) is 3.43. The minimum absolute atomic E-state index is 0.148. The van der Waals surface area contributed by atoms with Crippen molar-refractivity contribution in [3.8, 4) is 5.82 Å². The standard InChI is InChI=1S/C29H35N7O3/c1-8-35-25(37)21-15-30-26(33-24(21)36(35)23-11-9-10-22(32-23)28(2,3)4)31-20-13-12-18-16-34(17-19(18)14-20)27(38)39-29(5,6)7/h9-15H,8,16-17H2,1-7H3,(H,30,31,33). The molecule has 1 aliphatic rings. The molecule has 0 spiro atoms. The highest BCUT2D eigenvalue weighted by atomic mass is 16.6. The van der Waals surface area contributed by atoms with Gasteiger partial charge in [-0.1, -0.05) is 32.9 Å². The number of fused-ring (bicyclic) bond motifs is 2. The van der Waals surface area contributed by atoms with Crippen molar-refractivity contribution in [2.75, 3.05) is 5.32 Å². The van der Waals surface area contributed by atoms with Crippen LogP contribution in [0.25, 0.3) is 16.9 Å². The minimum Gasteiger partial charge on any atom is -0.444 e. The van der Waals surface area contributed by atoms with Gasteiger partial charge in [0, 0.05) is 42.6 Å². The second-order valence-electron chi connectivity index (χ2n) is 11.8. The summed E-state index contributed by atoms with van der Waals surface area (Å²) in [6.07, 6.45) is 1.23. The molecule has 39 heavy (non-hydrogen) atoms. The molecule has 1 aliphatic heterocycles. The van der Waals surface area contributed by atoms with Crippen molar-refractivity contribution in [2.24, 2.45) is 0 Å². The number of benzene rings is 1. The Kier molecular flexibility index (Phi) is 6.44. The molecule has 3 aromatic heterocycles. The van der Waals surface area contributed by atoms with Crippen molar-refractivity contribution >= 4 is 28.8 Å². The molecule has 1 N–H and O–H groups in total. The number of hydrogen-bond acceptors (Lipinski definition) is 7. The van der Waals surface area contributed by atoms with Crippen molar-refractivity contribution in [2.45, 2.75) is 79.1 Å². The highest BCUT2D eigenvalue weighted by Crippen LogP contribution is 2.28. The Bertz CT molecular complexity index is 1620. The molecule has 1 aromatic carbocycles. The summed E-state index contributed by atoms with van der Waals surface area (Å²) in [6.45, 7) is 15.2. The van der Waals surface area contributed by atoms with E-state index in [2.05, 4.69) is 31.1 Å². The number of nitrogens with zero attached hydrogens (tertiary/aromatic N) is 6. The molecule has 0 fully saturated rings. The molecular weight excluding hydrogens is 494 g/mol. The number of aromatic nitrogens is 5. The maximum absolute atomic E-state index is 13.2. The number of carbonyl (C=O) groups excluding carboxylic acids is 1. The maximum atomic E-state index is 13.2. The molecule has 10 heteroatoms. The van der Waals surface area contributed by atoms with E-state index in [-0.39, 0.29) is 17.1 Å². The number of pyridine rings is 1. The first kappa shape index (κ1) is 26.4. The van der Waals surface area contributed by atoms with E-state index in [0.717, 1.165) is 22.5 Å². The quantitative estimate of drug-likeness (QED) is 0.383. The van der Waals surface area contributed by atoms with Crippen LogP contribution in [0.1, 0.15) is 65.3 Å². The predicted molar refractivity (Wildman–Crippen MR) is 150 cm³/mol. The van der Waals surface area contributed by atoms with Crippen molar-refractivity contribution < 1.29 is 9.53 Å². The van der Waals surface area contributed by atoms with E-state index in [9.17, 15) is 9.59 Å². The SMILES string of the molecule is CCn1c(=O)c2cnc(Nc3ccc4c(c3)CN(C(=O)OC(C)(C)C)C4)nc2n1-c1cccc(C(C)(C)C)n1. The second kappa shape index (κ2) is 9.52. The van der Waals surface area contributed by atoms with Gasteiger partial charge in [-0.15, -0.1) is 0 Å². The third kappa shape index (κ3) is 5.23. The van der Waals surface area contributed by atoms with E-state index in [0.29, 0.717) is 42.4 Å². The lowest BCUT2D eigenvalue weighted by Gasteiger charge is -2.24. The molecule has 204 valence electrons. The number of ether oxygens (including phenoxy) is 1. The van der Waals surface area contributed by atoms with Gasteiger partial charge in [0.05, 0.1) is 0 Å². The summed E-state index contributed by atoms with van der Waals surface area (Å²) < 4.78 is 8.92. The van der Waals surface area contributed by atoms with E-state index in [1.54, 1.807) is 20.5 Å². The van der Waals surface area contributed by atoms with Crippen LogP contribution in [0, 0.1) is 0 Å². The van der Waals surface area contributed by atoms with Crippen LogP contribution in [0.15, 0.2) is 47.4 Å². The molecule has 0 bridgehead atoms. The van der Waals surface area contributed by atoms with E-state index >= 15 is 0 Å². The van der Waals surface area contributed by atoms with Gasteiger partial charge in [0.15, 0.2) is 11.5 Å². The average Bonchev–Trinajstić information content (AvgIpc) is 3.41. The fourth-order valence-corrected chi connectivity index (χ4v) is 4.62. The molecule has 5 rings (SSSR count). The highest BCUT2D eigenvalue weighted by Gasteiger charge is 2.28. The highest BCUT2D eigenvalue weighted by molar-refractivity contribution is 5.77. The third-order valence-electron chi connectivity index (χ3n) is 6.53. The Labute approximate surface area is 227 Å². The number of rotatable bonds is 4. The summed E-state index contributed by atoms with van der Waals surface area (Å²) in [5, 5.41) is 3.69. The normalized spacial score (nSPS) is 13.6. The van der Waals surface area contributed by atoms with Gasteiger partial charge in [-0.05, 0) is 63.1 Å². The van der Waals surface area contributed by atoms with Crippen LogP contribution in [0.4, 0.5) is 16.4 Å². The van der Waals surface area contributed by atoms with Crippen LogP contribution >= 0.6 is 0 Å². The van der Waals surface area contributed by atoms with E-state index in [1.807, 2.05) is 64.1 Å². The Morgan fingerprint density at radius 2 is 1.77 bits per heavy atom. The summed E-state index contributed by atoms with van der Waals surface area (Å²) in [7, 11) is 0. The van der Waals surface area contributed by atoms with Gasteiger partial charge in [-0.3, -0.25) is 9.69 Å². The van der Waals surface area contributed by atoms with Gasteiger partial charge < -0.3 is 10.1 Å². The van der Waals surface area contributed by atoms with Gasteiger partial charge >= 0.3 is 6.09 Å². The van der Waals surface area contributed by atoms with E-state index in [1.165, 1.54) is 0 Å². The van der Waals surface area contributed by atoms with Gasteiger partial charge in [-0.2, -0.15) is 4.98 Å². The van der Waals surface area contributed by atoms with Crippen LogP contribution in [0.5, 0.6) is 0 Å². The van der Waals surface area contributed by atoms with Gasteiger partial charge in [0.1, 0.15) is 11.0 Å². The largest absolute Gasteiger partial charge is 0.444 e. The van der Waals surface area contributed by atoms with Crippen LogP contribution in [-0.2, 0) is 29.8 Å². The lowest BCUT2D eigenvalue weighted by atomic mass is 9.92. The Morgan fingerprint density at radius 3 is 2.46 bits per heavy atom.